The predicted octanol–water partition coefficient (Wildman–Crippen LogP) is -1.28. The largest absolute Gasteiger partial charge is 1.00 e. The topological polar surface area (TPSA) is 45.1 Å². The summed E-state index contributed by atoms with van der Waals surface area (Å²) in [5, 5.41) is 10.9. The normalized spacial score (nSPS) is 11.6. The van der Waals surface area contributed by atoms with E-state index in [4.69, 9.17) is 0 Å². The molecule has 2 aromatic rings. The molecule has 0 aliphatic rings. The summed E-state index contributed by atoms with van der Waals surface area (Å²) in [4.78, 5) is 10.9. The second-order valence-corrected chi connectivity index (χ2v) is 3.96. The minimum absolute atomic E-state index is 0. The zero-order chi connectivity index (χ0) is 12.3. The summed E-state index contributed by atoms with van der Waals surface area (Å²) in [6.45, 7) is 1.85. The van der Waals surface area contributed by atoms with Crippen molar-refractivity contribution in [2.45, 2.75) is 19.3 Å². The molecule has 0 N–H and O–H groups in total. The number of carboxylic acid groups (broad SMARTS) is 1. The van der Waals surface area contributed by atoms with E-state index in [2.05, 4.69) is 0 Å². The van der Waals surface area contributed by atoms with Gasteiger partial charge in [0.25, 0.3) is 0 Å². The van der Waals surface area contributed by atoms with Gasteiger partial charge >= 0.3 is 29.6 Å². The van der Waals surface area contributed by atoms with Gasteiger partial charge in [0.1, 0.15) is 0 Å². The first-order valence-corrected chi connectivity index (χ1v) is 5.66. The number of hydrogen-bond donors (Lipinski definition) is 0. The van der Waals surface area contributed by atoms with E-state index in [-0.39, 0.29) is 29.6 Å². The second kappa shape index (κ2) is 6.78. The molecule has 3 nitrogen and oxygen atoms in total. The minimum atomic E-state index is -1.01. The van der Waals surface area contributed by atoms with Gasteiger partial charge in [0.05, 0.1) is 0 Å². The van der Waals surface area contributed by atoms with Crippen LogP contribution in [-0.4, -0.2) is 10.5 Å². The van der Waals surface area contributed by atoms with E-state index in [1.165, 1.54) is 0 Å². The van der Waals surface area contributed by atoms with Crippen LogP contribution in [0.15, 0.2) is 48.8 Å². The Balaban J connectivity index is 0.00000162. The van der Waals surface area contributed by atoms with Crippen LogP contribution in [-0.2, 0) is 4.79 Å². The Morgan fingerprint density at radius 1 is 1.22 bits per heavy atom. The number of carboxylic acids is 1. The van der Waals surface area contributed by atoms with Crippen molar-refractivity contribution in [3.05, 3.63) is 54.4 Å². The molecule has 1 unspecified atom stereocenters. The second-order valence-electron chi connectivity index (χ2n) is 3.96. The molecule has 1 heterocycles. The van der Waals surface area contributed by atoms with Crippen molar-refractivity contribution in [1.82, 2.24) is 4.57 Å². The number of benzene rings is 1. The van der Waals surface area contributed by atoms with E-state index < -0.39 is 11.9 Å². The Kier molecular flexibility index (Phi) is 5.66. The Hall–Kier alpha value is -1.03. The first kappa shape index (κ1) is 15.0. The molecule has 0 aliphatic heterocycles. The maximum absolute atomic E-state index is 10.9. The molecule has 0 amide bonds. The van der Waals surface area contributed by atoms with Crippen molar-refractivity contribution >= 4 is 5.97 Å². The van der Waals surface area contributed by atoms with Gasteiger partial charge in [0, 0.05) is 30.0 Å². The number of nitrogens with zero attached hydrogens (tertiary/aromatic N) is 1. The third kappa shape index (κ3) is 3.25. The van der Waals surface area contributed by atoms with Gasteiger partial charge in [-0.1, -0.05) is 19.1 Å². The van der Waals surface area contributed by atoms with Gasteiger partial charge in [-0.25, -0.2) is 0 Å². The van der Waals surface area contributed by atoms with Gasteiger partial charge in [-0.3, -0.25) is 0 Å². The van der Waals surface area contributed by atoms with Crippen molar-refractivity contribution in [1.29, 1.82) is 0 Å². The quantitative estimate of drug-likeness (QED) is 0.636. The molecule has 88 valence electrons. The van der Waals surface area contributed by atoms with Gasteiger partial charge in [-0.15, -0.1) is 0 Å². The van der Waals surface area contributed by atoms with Gasteiger partial charge in [0.2, 0.25) is 0 Å². The molecule has 0 saturated heterocycles. The average molecular weight is 251 g/mol. The van der Waals surface area contributed by atoms with Crippen LogP contribution in [0, 0.1) is 0 Å². The van der Waals surface area contributed by atoms with Crippen LogP contribution in [0.2, 0.25) is 0 Å². The molecule has 1 atom stereocenters. The molecule has 0 radical (unpaired) electrons. The fraction of sp³-hybridized carbons (Fsp3) is 0.214. The average Bonchev–Trinajstić information content (AvgIpc) is 2.84. The minimum Gasteiger partial charge on any atom is -0.549 e. The monoisotopic (exact) mass is 251 g/mol. The smallest absolute Gasteiger partial charge is 0.549 e. The van der Waals surface area contributed by atoms with Crippen LogP contribution in [0.3, 0.4) is 0 Å². The molecule has 0 fully saturated rings. The molecule has 0 aliphatic carbocycles. The molecular weight excluding hydrogens is 237 g/mol. The van der Waals surface area contributed by atoms with E-state index in [0.29, 0.717) is 6.42 Å². The summed E-state index contributed by atoms with van der Waals surface area (Å²) in [7, 11) is 0. The number of aromatic nitrogens is 1. The number of carbonyl (C=O) groups is 1. The van der Waals surface area contributed by atoms with Crippen molar-refractivity contribution in [2.75, 3.05) is 0 Å². The standard InChI is InChI=1S/C14H15NO2.Na/c1-2-13(14(16)17)11-5-7-12(8-6-11)15-9-3-4-10-15;/h3-10,13H,2H2,1H3,(H,16,17);/q;+1/p-1. The first-order valence-electron chi connectivity index (χ1n) is 5.66. The van der Waals surface area contributed by atoms with Crippen molar-refractivity contribution < 1.29 is 39.5 Å². The molecule has 1 aromatic heterocycles. The Labute approximate surface area is 129 Å². The zero-order valence-corrected chi connectivity index (χ0v) is 12.7. The van der Waals surface area contributed by atoms with E-state index in [0.717, 1.165) is 11.3 Å². The summed E-state index contributed by atoms with van der Waals surface area (Å²) >= 11 is 0. The van der Waals surface area contributed by atoms with Crippen LogP contribution < -0.4 is 34.7 Å². The van der Waals surface area contributed by atoms with Crippen LogP contribution in [0.4, 0.5) is 0 Å². The van der Waals surface area contributed by atoms with E-state index in [1.807, 2.05) is 60.3 Å². The Bertz CT molecular complexity index is 491. The fourth-order valence-corrected chi connectivity index (χ4v) is 1.92. The molecule has 2 rings (SSSR count). The summed E-state index contributed by atoms with van der Waals surface area (Å²) in [6.07, 6.45) is 4.45. The Morgan fingerprint density at radius 2 is 1.78 bits per heavy atom. The molecule has 1 aromatic carbocycles. The summed E-state index contributed by atoms with van der Waals surface area (Å²) < 4.78 is 1.98. The molecule has 0 saturated carbocycles. The molecular formula is C14H14NNaO2. The molecule has 0 bridgehead atoms. The van der Waals surface area contributed by atoms with Gasteiger partial charge in [-0.05, 0) is 36.2 Å². The van der Waals surface area contributed by atoms with E-state index in [9.17, 15) is 9.90 Å². The third-order valence-electron chi connectivity index (χ3n) is 2.89. The van der Waals surface area contributed by atoms with Crippen LogP contribution in [0.5, 0.6) is 0 Å². The van der Waals surface area contributed by atoms with Gasteiger partial charge in [-0.2, -0.15) is 0 Å². The van der Waals surface area contributed by atoms with Gasteiger partial charge < -0.3 is 14.5 Å². The van der Waals surface area contributed by atoms with Gasteiger partial charge in [0.15, 0.2) is 0 Å². The number of rotatable bonds is 4. The van der Waals surface area contributed by atoms with E-state index in [1.54, 1.807) is 0 Å². The molecule has 4 heteroatoms. The maximum atomic E-state index is 10.9. The first-order chi connectivity index (χ1) is 8.22. The molecule has 18 heavy (non-hydrogen) atoms. The van der Waals surface area contributed by atoms with Crippen LogP contribution in [0.1, 0.15) is 24.8 Å². The summed E-state index contributed by atoms with van der Waals surface area (Å²) in [5.41, 5.74) is 1.82. The predicted molar refractivity (Wildman–Crippen MR) is 63.8 cm³/mol. The maximum Gasteiger partial charge on any atom is 1.00 e. The number of carbonyl (C=O) groups excluding carboxylic acids is 1. The zero-order valence-electron chi connectivity index (χ0n) is 10.7. The number of hydrogen-bond acceptors (Lipinski definition) is 2. The third-order valence-corrected chi connectivity index (χ3v) is 2.89. The van der Waals surface area contributed by atoms with Crippen molar-refractivity contribution in [2.24, 2.45) is 0 Å². The van der Waals surface area contributed by atoms with E-state index >= 15 is 0 Å². The Morgan fingerprint density at radius 3 is 2.22 bits per heavy atom. The SMILES string of the molecule is CCC(C(=O)[O-])c1ccc(-n2cccc2)cc1.[Na+]. The van der Waals surface area contributed by atoms with Crippen LogP contribution >= 0.6 is 0 Å². The fourth-order valence-electron chi connectivity index (χ4n) is 1.92. The number of aliphatic carboxylic acids is 1. The summed E-state index contributed by atoms with van der Waals surface area (Å²) in [5.74, 6) is -1.53. The summed E-state index contributed by atoms with van der Waals surface area (Å²) in [6, 6.07) is 11.4. The van der Waals surface area contributed by atoms with Crippen LogP contribution in [0.25, 0.3) is 5.69 Å². The van der Waals surface area contributed by atoms with Crippen molar-refractivity contribution in [3.8, 4) is 5.69 Å². The van der Waals surface area contributed by atoms with Crippen molar-refractivity contribution in [3.63, 3.8) is 0 Å². The molecule has 0 spiro atoms.